The van der Waals surface area contributed by atoms with Gasteiger partial charge in [-0.1, -0.05) is 0 Å². The molecule has 0 unspecified atom stereocenters. The van der Waals surface area contributed by atoms with Crippen molar-refractivity contribution < 1.29 is 0 Å². The van der Waals surface area contributed by atoms with Gasteiger partial charge in [0.1, 0.15) is 17.0 Å². The molecule has 0 saturated heterocycles. The summed E-state index contributed by atoms with van der Waals surface area (Å²) in [5, 5.41) is 5.08. The monoisotopic (exact) mass is 330 g/mol. The zero-order chi connectivity index (χ0) is 15.8. The molecule has 2 aromatic rings. The first kappa shape index (κ1) is 15.3. The molecule has 0 spiro atoms. The van der Waals surface area contributed by atoms with Crippen molar-refractivity contribution in [2.45, 2.75) is 63.5 Å². The fourth-order valence-corrected chi connectivity index (χ4v) is 5.36. The molecule has 1 saturated carbocycles. The van der Waals surface area contributed by atoms with Crippen LogP contribution in [0.2, 0.25) is 0 Å². The summed E-state index contributed by atoms with van der Waals surface area (Å²) in [6.07, 6.45) is 11.8. The lowest BCUT2D eigenvalue weighted by Crippen LogP contribution is -2.36. The zero-order valence-electron chi connectivity index (χ0n) is 14.1. The smallest absolute Gasteiger partial charge is 0.138 e. The van der Waals surface area contributed by atoms with Crippen molar-refractivity contribution in [3.05, 3.63) is 16.8 Å². The summed E-state index contributed by atoms with van der Waals surface area (Å²) in [6, 6.07) is 1.30. The molecule has 0 amide bonds. The number of anilines is 1. The minimum Gasteiger partial charge on any atom is -0.367 e. The van der Waals surface area contributed by atoms with Gasteiger partial charge in [0.2, 0.25) is 0 Å². The Morgan fingerprint density at radius 3 is 2.65 bits per heavy atom. The Labute approximate surface area is 142 Å². The van der Waals surface area contributed by atoms with Gasteiger partial charge in [-0.2, -0.15) is 0 Å². The molecule has 124 valence electrons. The molecule has 0 bridgehead atoms. The maximum Gasteiger partial charge on any atom is 0.138 e. The van der Waals surface area contributed by atoms with Gasteiger partial charge in [-0.25, -0.2) is 9.97 Å². The van der Waals surface area contributed by atoms with Gasteiger partial charge in [0.15, 0.2) is 0 Å². The summed E-state index contributed by atoms with van der Waals surface area (Å²) in [7, 11) is 4.40. The minimum absolute atomic E-state index is 0.559. The molecule has 0 aromatic carbocycles. The van der Waals surface area contributed by atoms with Gasteiger partial charge >= 0.3 is 0 Å². The van der Waals surface area contributed by atoms with Crippen LogP contribution in [0, 0.1) is 0 Å². The van der Waals surface area contributed by atoms with Crippen molar-refractivity contribution in [1.29, 1.82) is 0 Å². The van der Waals surface area contributed by atoms with Crippen LogP contribution in [0.25, 0.3) is 10.2 Å². The summed E-state index contributed by atoms with van der Waals surface area (Å²) >= 11 is 1.88. The summed E-state index contributed by atoms with van der Waals surface area (Å²) in [6.45, 7) is 0. The Morgan fingerprint density at radius 1 is 1.09 bits per heavy atom. The molecule has 0 atom stereocenters. The molecule has 4 nitrogen and oxygen atoms in total. The number of fused-ring (bicyclic) bond motifs is 3. The second-order valence-corrected chi connectivity index (χ2v) is 8.31. The van der Waals surface area contributed by atoms with Gasteiger partial charge in [-0.15, -0.1) is 11.3 Å². The van der Waals surface area contributed by atoms with E-state index < -0.39 is 0 Å². The fourth-order valence-electron chi connectivity index (χ4n) is 4.13. The number of hydrogen-bond donors (Lipinski definition) is 1. The van der Waals surface area contributed by atoms with Crippen LogP contribution in [0.4, 0.5) is 5.82 Å². The first-order chi connectivity index (χ1) is 11.2. The van der Waals surface area contributed by atoms with E-state index in [0.717, 1.165) is 11.9 Å². The van der Waals surface area contributed by atoms with Gasteiger partial charge in [-0.3, -0.25) is 0 Å². The lowest BCUT2D eigenvalue weighted by atomic mass is 9.90. The molecule has 2 aliphatic carbocycles. The third-order valence-corrected chi connectivity index (χ3v) is 6.72. The van der Waals surface area contributed by atoms with Crippen molar-refractivity contribution in [3.8, 4) is 0 Å². The lowest BCUT2D eigenvalue weighted by Gasteiger charge is -2.33. The highest BCUT2D eigenvalue weighted by Crippen LogP contribution is 2.38. The van der Waals surface area contributed by atoms with Crippen LogP contribution in [0.1, 0.15) is 49.0 Å². The summed E-state index contributed by atoms with van der Waals surface area (Å²) < 4.78 is 0. The van der Waals surface area contributed by atoms with Gasteiger partial charge < -0.3 is 10.2 Å². The zero-order valence-corrected chi connectivity index (χ0v) is 15.0. The van der Waals surface area contributed by atoms with E-state index in [9.17, 15) is 0 Å². The van der Waals surface area contributed by atoms with E-state index in [4.69, 9.17) is 0 Å². The van der Waals surface area contributed by atoms with Crippen molar-refractivity contribution in [1.82, 2.24) is 14.9 Å². The number of thiophene rings is 1. The standard InChI is InChI=1S/C18H26N4S/c1-22(2)13-9-7-12(8-10-13)21-17-16-14-5-3-4-6-15(14)23-18(16)20-11-19-17/h11-13H,3-10H2,1-2H3,(H,19,20,21)/t12-,13-. The first-order valence-corrected chi connectivity index (χ1v) is 9.72. The maximum absolute atomic E-state index is 4.61. The lowest BCUT2D eigenvalue weighted by molar-refractivity contribution is 0.221. The van der Waals surface area contributed by atoms with Crippen LogP contribution < -0.4 is 5.32 Å². The highest BCUT2D eigenvalue weighted by molar-refractivity contribution is 7.19. The Bertz CT molecular complexity index is 686. The predicted octanol–water partition coefficient (Wildman–Crippen LogP) is 3.85. The molecule has 2 heterocycles. The normalized spacial score (nSPS) is 24.8. The van der Waals surface area contributed by atoms with E-state index in [1.807, 2.05) is 11.3 Å². The van der Waals surface area contributed by atoms with Crippen molar-refractivity contribution in [2.24, 2.45) is 0 Å². The molecular weight excluding hydrogens is 304 g/mol. The Kier molecular flexibility index (Phi) is 4.24. The van der Waals surface area contributed by atoms with Gasteiger partial charge in [0.05, 0.1) is 5.39 Å². The summed E-state index contributed by atoms with van der Waals surface area (Å²) in [5.74, 6) is 1.09. The molecule has 5 heteroatoms. The minimum atomic E-state index is 0.559. The van der Waals surface area contributed by atoms with Gasteiger partial charge in [-0.05, 0) is 71.0 Å². The number of nitrogens with one attached hydrogen (secondary N) is 1. The molecule has 2 aromatic heterocycles. The molecule has 1 N–H and O–H groups in total. The average molecular weight is 331 g/mol. The summed E-state index contributed by atoms with van der Waals surface area (Å²) in [4.78, 5) is 14.2. The van der Waals surface area contributed by atoms with E-state index in [-0.39, 0.29) is 0 Å². The third kappa shape index (κ3) is 2.96. The van der Waals surface area contributed by atoms with Crippen LogP contribution in [0.5, 0.6) is 0 Å². The SMILES string of the molecule is CN(C)[C@H]1CC[C@H](Nc2ncnc3sc4c(c23)CCCC4)CC1. The molecular formula is C18H26N4S. The largest absolute Gasteiger partial charge is 0.367 e. The number of nitrogens with zero attached hydrogens (tertiary/aromatic N) is 3. The van der Waals surface area contributed by atoms with E-state index in [0.29, 0.717) is 6.04 Å². The van der Waals surface area contributed by atoms with Crippen LogP contribution in [0.3, 0.4) is 0 Å². The Hall–Kier alpha value is -1.20. The number of hydrogen-bond acceptors (Lipinski definition) is 5. The van der Waals surface area contributed by atoms with Crippen LogP contribution in [0.15, 0.2) is 6.33 Å². The average Bonchev–Trinajstić information content (AvgIpc) is 2.95. The van der Waals surface area contributed by atoms with Crippen LogP contribution >= 0.6 is 11.3 Å². The fraction of sp³-hybridized carbons (Fsp3) is 0.667. The highest BCUT2D eigenvalue weighted by Gasteiger charge is 2.25. The third-order valence-electron chi connectivity index (χ3n) is 5.52. The van der Waals surface area contributed by atoms with E-state index >= 15 is 0 Å². The molecule has 0 aliphatic heterocycles. The predicted molar refractivity (Wildman–Crippen MR) is 97.4 cm³/mol. The summed E-state index contributed by atoms with van der Waals surface area (Å²) in [5.41, 5.74) is 1.53. The van der Waals surface area contributed by atoms with E-state index in [1.165, 1.54) is 67.1 Å². The van der Waals surface area contributed by atoms with Gasteiger partial charge in [0.25, 0.3) is 0 Å². The Morgan fingerprint density at radius 2 is 1.87 bits per heavy atom. The Balaban J connectivity index is 1.56. The van der Waals surface area contributed by atoms with Crippen LogP contribution in [-0.4, -0.2) is 41.0 Å². The first-order valence-electron chi connectivity index (χ1n) is 8.90. The van der Waals surface area contributed by atoms with E-state index in [2.05, 4.69) is 34.3 Å². The second-order valence-electron chi connectivity index (χ2n) is 7.23. The molecule has 23 heavy (non-hydrogen) atoms. The molecule has 4 rings (SSSR count). The molecule has 0 radical (unpaired) electrons. The quantitative estimate of drug-likeness (QED) is 0.928. The number of aromatic nitrogens is 2. The van der Waals surface area contributed by atoms with Crippen molar-refractivity contribution in [3.63, 3.8) is 0 Å². The highest BCUT2D eigenvalue weighted by atomic mass is 32.1. The van der Waals surface area contributed by atoms with E-state index in [1.54, 1.807) is 11.2 Å². The second kappa shape index (κ2) is 6.36. The van der Waals surface area contributed by atoms with Crippen molar-refractivity contribution >= 4 is 27.4 Å². The number of rotatable bonds is 3. The van der Waals surface area contributed by atoms with Crippen molar-refractivity contribution in [2.75, 3.05) is 19.4 Å². The topological polar surface area (TPSA) is 41.0 Å². The molecule has 2 aliphatic rings. The number of aryl methyl sites for hydroxylation is 2. The molecule has 1 fully saturated rings. The maximum atomic E-state index is 4.61. The van der Waals surface area contributed by atoms with Crippen LogP contribution in [-0.2, 0) is 12.8 Å². The van der Waals surface area contributed by atoms with Gasteiger partial charge in [0, 0.05) is 17.0 Å².